The highest BCUT2D eigenvalue weighted by Crippen LogP contribution is 2.23. The van der Waals surface area contributed by atoms with E-state index in [9.17, 15) is 4.79 Å². The number of rotatable bonds is 5. The van der Waals surface area contributed by atoms with E-state index in [0.717, 1.165) is 19.3 Å². The van der Waals surface area contributed by atoms with Crippen molar-refractivity contribution in [3.8, 4) is 0 Å². The van der Waals surface area contributed by atoms with Gasteiger partial charge in [-0.15, -0.1) is 6.58 Å². The van der Waals surface area contributed by atoms with Crippen LogP contribution in [0, 0.1) is 5.92 Å². The van der Waals surface area contributed by atoms with Gasteiger partial charge in [0.1, 0.15) is 0 Å². The van der Waals surface area contributed by atoms with Crippen molar-refractivity contribution in [3.05, 3.63) is 12.7 Å². The van der Waals surface area contributed by atoms with Gasteiger partial charge in [-0.05, 0) is 31.7 Å². The first kappa shape index (κ1) is 12.2. The Morgan fingerprint density at radius 2 is 2.20 bits per heavy atom. The van der Waals surface area contributed by atoms with E-state index >= 15 is 0 Å². The second kappa shape index (κ2) is 6.62. The molecule has 0 radical (unpaired) electrons. The average molecular weight is 210 g/mol. The van der Waals surface area contributed by atoms with Crippen LogP contribution in [0.15, 0.2) is 12.7 Å². The van der Waals surface area contributed by atoms with Gasteiger partial charge in [0.25, 0.3) is 0 Å². The van der Waals surface area contributed by atoms with Gasteiger partial charge in [0, 0.05) is 12.5 Å². The molecule has 1 aliphatic rings. The van der Waals surface area contributed by atoms with E-state index in [1.165, 1.54) is 12.8 Å². The van der Waals surface area contributed by atoms with Crippen molar-refractivity contribution in [2.75, 3.05) is 6.54 Å². The molecule has 0 aromatic carbocycles. The molecule has 3 nitrogen and oxygen atoms in total. The Kier molecular flexibility index (Phi) is 5.40. The Morgan fingerprint density at radius 1 is 1.47 bits per heavy atom. The molecule has 0 aliphatic heterocycles. The number of carbonyl (C=O) groups is 1. The predicted octanol–water partition coefficient (Wildman–Crippen LogP) is 1.59. The van der Waals surface area contributed by atoms with Crippen LogP contribution in [-0.4, -0.2) is 18.5 Å². The van der Waals surface area contributed by atoms with Crippen molar-refractivity contribution < 1.29 is 4.79 Å². The molecule has 3 heteroatoms. The number of allylic oxidation sites excluding steroid dienone is 1. The van der Waals surface area contributed by atoms with Gasteiger partial charge in [0.2, 0.25) is 5.91 Å². The van der Waals surface area contributed by atoms with E-state index in [1.807, 2.05) is 0 Å². The van der Waals surface area contributed by atoms with Crippen LogP contribution in [0.25, 0.3) is 0 Å². The standard InChI is InChI=1S/C12H22N2O/c1-2-3-8-12(15)14-11-7-5-4-6-10(11)9-13/h2,10-11H,1,3-9,13H2,(H,14,15). The molecule has 0 aromatic heterocycles. The van der Waals surface area contributed by atoms with Crippen LogP contribution in [0.2, 0.25) is 0 Å². The fourth-order valence-corrected chi connectivity index (χ4v) is 2.19. The lowest BCUT2D eigenvalue weighted by Gasteiger charge is -2.31. The van der Waals surface area contributed by atoms with E-state index in [0.29, 0.717) is 24.9 Å². The van der Waals surface area contributed by atoms with E-state index < -0.39 is 0 Å². The van der Waals surface area contributed by atoms with Crippen LogP contribution < -0.4 is 11.1 Å². The van der Waals surface area contributed by atoms with E-state index in [-0.39, 0.29) is 5.91 Å². The number of amides is 1. The first-order chi connectivity index (χ1) is 7.27. The maximum absolute atomic E-state index is 11.5. The van der Waals surface area contributed by atoms with Gasteiger partial charge >= 0.3 is 0 Å². The minimum absolute atomic E-state index is 0.139. The van der Waals surface area contributed by atoms with Crippen molar-refractivity contribution in [1.29, 1.82) is 0 Å². The molecular formula is C12H22N2O. The first-order valence-corrected chi connectivity index (χ1v) is 5.88. The van der Waals surface area contributed by atoms with E-state index in [4.69, 9.17) is 5.73 Å². The summed E-state index contributed by atoms with van der Waals surface area (Å²) in [6.45, 7) is 4.30. The summed E-state index contributed by atoms with van der Waals surface area (Å²) < 4.78 is 0. The Labute approximate surface area is 92.1 Å². The van der Waals surface area contributed by atoms with Gasteiger partial charge < -0.3 is 11.1 Å². The quantitative estimate of drug-likeness (QED) is 0.677. The highest BCUT2D eigenvalue weighted by molar-refractivity contribution is 5.76. The van der Waals surface area contributed by atoms with Crippen LogP contribution in [0.5, 0.6) is 0 Å². The first-order valence-electron chi connectivity index (χ1n) is 5.88. The second-order valence-corrected chi connectivity index (χ2v) is 4.28. The fraction of sp³-hybridized carbons (Fsp3) is 0.750. The number of hydrogen-bond donors (Lipinski definition) is 2. The molecular weight excluding hydrogens is 188 g/mol. The number of hydrogen-bond acceptors (Lipinski definition) is 2. The third-order valence-corrected chi connectivity index (χ3v) is 3.13. The summed E-state index contributed by atoms with van der Waals surface area (Å²) in [6, 6.07) is 0.307. The molecule has 1 aliphatic carbocycles. The second-order valence-electron chi connectivity index (χ2n) is 4.28. The fourth-order valence-electron chi connectivity index (χ4n) is 2.19. The third kappa shape index (κ3) is 4.04. The summed E-state index contributed by atoms with van der Waals surface area (Å²) in [7, 11) is 0. The van der Waals surface area contributed by atoms with Crippen molar-refractivity contribution in [1.82, 2.24) is 5.32 Å². The molecule has 15 heavy (non-hydrogen) atoms. The van der Waals surface area contributed by atoms with Crippen LogP contribution in [0.4, 0.5) is 0 Å². The van der Waals surface area contributed by atoms with Crippen LogP contribution in [0.1, 0.15) is 38.5 Å². The minimum Gasteiger partial charge on any atom is -0.353 e. The summed E-state index contributed by atoms with van der Waals surface area (Å²) in [4.78, 5) is 11.5. The smallest absolute Gasteiger partial charge is 0.220 e. The SMILES string of the molecule is C=CCCC(=O)NC1CCCCC1CN. The maximum atomic E-state index is 11.5. The highest BCUT2D eigenvalue weighted by atomic mass is 16.1. The highest BCUT2D eigenvalue weighted by Gasteiger charge is 2.24. The zero-order valence-electron chi connectivity index (χ0n) is 9.37. The lowest BCUT2D eigenvalue weighted by molar-refractivity contribution is -0.122. The zero-order valence-corrected chi connectivity index (χ0v) is 9.37. The Morgan fingerprint density at radius 3 is 2.87 bits per heavy atom. The molecule has 3 N–H and O–H groups in total. The van der Waals surface area contributed by atoms with Gasteiger partial charge in [-0.25, -0.2) is 0 Å². The third-order valence-electron chi connectivity index (χ3n) is 3.13. The van der Waals surface area contributed by atoms with Crippen molar-refractivity contribution in [2.24, 2.45) is 11.7 Å². The van der Waals surface area contributed by atoms with Crippen LogP contribution in [0.3, 0.4) is 0 Å². The minimum atomic E-state index is 0.139. The molecule has 2 unspecified atom stereocenters. The monoisotopic (exact) mass is 210 g/mol. The summed E-state index contributed by atoms with van der Waals surface area (Å²) in [5, 5.41) is 3.09. The zero-order chi connectivity index (χ0) is 11.1. The molecule has 1 rings (SSSR count). The number of nitrogens with one attached hydrogen (secondary N) is 1. The maximum Gasteiger partial charge on any atom is 0.220 e. The molecule has 1 fully saturated rings. The van der Waals surface area contributed by atoms with Crippen LogP contribution >= 0.6 is 0 Å². The number of nitrogens with two attached hydrogens (primary N) is 1. The molecule has 86 valence electrons. The van der Waals surface area contributed by atoms with Crippen molar-refractivity contribution >= 4 is 5.91 Å². The molecule has 0 bridgehead atoms. The van der Waals surface area contributed by atoms with E-state index in [1.54, 1.807) is 6.08 Å². The Hall–Kier alpha value is -0.830. The van der Waals surface area contributed by atoms with Crippen molar-refractivity contribution in [3.63, 3.8) is 0 Å². The van der Waals surface area contributed by atoms with Crippen molar-refractivity contribution in [2.45, 2.75) is 44.6 Å². The summed E-state index contributed by atoms with van der Waals surface area (Å²) in [5.74, 6) is 0.617. The lowest BCUT2D eigenvalue weighted by Crippen LogP contribution is -2.44. The van der Waals surface area contributed by atoms with E-state index in [2.05, 4.69) is 11.9 Å². The topological polar surface area (TPSA) is 55.1 Å². The van der Waals surface area contributed by atoms with Gasteiger partial charge in [0.05, 0.1) is 0 Å². The normalized spacial score (nSPS) is 25.9. The van der Waals surface area contributed by atoms with Gasteiger partial charge in [-0.1, -0.05) is 18.9 Å². The van der Waals surface area contributed by atoms with Gasteiger partial charge in [0.15, 0.2) is 0 Å². The largest absolute Gasteiger partial charge is 0.353 e. The predicted molar refractivity (Wildman–Crippen MR) is 62.4 cm³/mol. The molecule has 0 spiro atoms. The summed E-state index contributed by atoms with van der Waals surface area (Å²) >= 11 is 0. The summed E-state index contributed by atoms with van der Waals surface area (Å²) in [5.41, 5.74) is 5.70. The Balaban J connectivity index is 2.33. The number of carbonyl (C=O) groups excluding carboxylic acids is 1. The summed E-state index contributed by atoms with van der Waals surface area (Å²) in [6.07, 6.45) is 7.79. The Bertz CT molecular complexity index is 216. The average Bonchev–Trinajstić information content (AvgIpc) is 2.27. The molecule has 2 atom stereocenters. The molecule has 0 saturated heterocycles. The van der Waals surface area contributed by atoms with Gasteiger partial charge in [-0.3, -0.25) is 4.79 Å². The lowest BCUT2D eigenvalue weighted by atomic mass is 9.84. The molecule has 0 aromatic rings. The molecule has 1 amide bonds. The van der Waals surface area contributed by atoms with Gasteiger partial charge in [-0.2, -0.15) is 0 Å². The van der Waals surface area contributed by atoms with Crippen LogP contribution in [-0.2, 0) is 4.79 Å². The molecule has 0 heterocycles. The molecule has 1 saturated carbocycles.